The molecule has 12 heavy (non-hydrogen) atoms. The number of carbonyl (C=O) groups is 2. The number of allylic oxidation sites excluding steroid dienone is 2. The van der Waals surface area contributed by atoms with Gasteiger partial charge in [-0.25, -0.2) is 9.59 Å². The molecule has 1 aliphatic heterocycles. The summed E-state index contributed by atoms with van der Waals surface area (Å²) in [5.41, 5.74) is 0. The third-order valence-corrected chi connectivity index (χ3v) is 1.01. The van der Waals surface area contributed by atoms with Gasteiger partial charge >= 0.3 is 11.9 Å². The van der Waals surface area contributed by atoms with Gasteiger partial charge in [-0.15, -0.1) is 0 Å². The second-order valence-corrected chi connectivity index (χ2v) is 1.90. The van der Waals surface area contributed by atoms with Gasteiger partial charge in [0.15, 0.2) is 0 Å². The van der Waals surface area contributed by atoms with Crippen molar-refractivity contribution in [1.82, 2.24) is 0 Å². The van der Waals surface area contributed by atoms with E-state index in [9.17, 15) is 9.59 Å². The SMILES string of the molecule is C=CC=C1OC(=O)C=CC(=O)O1. The molecule has 0 unspecified atom stereocenters. The summed E-state index contributed by atoms with van der Waals surface area (Å²) in [6.07, 6.45) is 4.61. The molecule has 0 saturated heterocycles. The Morgan fingerprint density at radius 2 is 1.67 bits per heavy atom. The van der Waals surface area contributed by atoms with Gasteiger partial charge in [0, 0.05) is 18.2 Å². The molecular formula is C8H6O4. The maximum Gasteiger partial charge on any atom is 0.338 e. The maximum atomic E-state index is 10.7. The van der Waals surface area contributed by atoms with Crippen LogP contribution < -0.4 is 0 Å². The summed E-state index contributed by atoms with van der Waals surface area (Å²) in [6, 6.07) is 0. The molecule has 0 atom stereocenters. The Morgan fingerprint density at radius 1 is 1.17 bits per heavy atom. The van der Waals surface area contributed by atoms with Crippen LogP contribution in [0.2, 0.25) is 0 Å². The Hall–Kier alpha value is -1.84. The molecule has 0 bridgehead atoms. The summed E-state index contributed by atoms with van der Waals surface area (Å²) in [7, 11) is 0. The van der Waals surface area contributed by atoms with Gasteiger partial charge in [-0.1, -0.05) is 12.7 Å². The van der Waals surface area contributed by atoms with Crippen LogP contribution in [0.3, 0.4) is 0 Å². The molecule has 0 aromatic carbocycles. The average Bonchev–Trinajstić information content (AvgIpc) is 2.14. The molecule has 0 spiro atoms. The molecule has 62 valence electrons. The molecule has 0 aliphatic carbocycles. The molecule has 0 fully saturated rings. The normalized spacial score (nSPS) is 16.2. The van der Waals surface area contributed by atoms with Crippen LogP contribution in [0.1, 0.15) is 0 Å². The lowest BCUT2D eigenvalue weighted by molar-refractivity contribution is -0.145. The van der Waals surface area contributed by atoms with E-state index in [2.05, 4.69) is 16.1 Å². The first-order valence-electron chi connectivity index (χ1n) is 3.17. The Balaban J connectivity index is 2.83. The number of cyclic esters (lactones) is 2. The second kappa shape index (κ2) is 3.52. The zero-order valence-electron chi connectivity index (χ0n) is 6.15. The molecule has 1 heterocycles. The molecule has 0 amide bonds. The van der Waals surface area contributed by atoms with Crippen molar-refractivity contribution in [1.29, 1.82) is 0 Å². The number of hydrogen-bond donors (Lipinski definition) is 0. The molecule has 4 heteroatoms. The lowest BCUT2D eigenvalue weighted by Crippen LogP contribution is -2.02. The van der Waals surface area contributed by atoms with Gasteiger partial charge in [0.1, 0.15) is 0 Å². The van der Waals surface area contributed by atoms with Crippen molar-refractivity contribution in [3.05, 3.63) is 36.8 Å². The van der Waals surface area contributed by atoms with E-state index >= 15 is 0 Å². The van der Waals surface area contributed by atoms with Crippen LogP contribution >= 0.6 is 0 Å². The van der Waals surface area contributed by atoms with Gasteiger partial charge in [-0.3, -0.25) is 0 Å². The number of hydrogen-bond acceptors (Lipinski definition) is 4. The highest BCUT2D eigenvalue weighted by Gasteiger charge is 2.13. The zero-order chi connectivity index (χ0) is 8.97. The summed E-state index contributed by atoms with van der Waals surface area (Å²) in [6.45, 7) is 3.36. The van der Waals surface area contributed by atoms with E-state index in [1.165, 1.54) is 12.2 Å². The molecule has 1 aliphatic rings. The fraction of sp³-hybridized carbons (Fsp3) is 0. The second-order valence-electron chi connectivity index (χ2n) is 1.90. The fourth-order valence-corrected chi connectivity index (χ4v) is 0.588. The highest BCUT2D eigenvalue weighted by atomic mass is 16.7. The van der Waals surface area contributed by atoms with Gasteiger partial charge in [0.25, 0.3) is 5.95 Å². The van der Waals surface area contributed by atoms with E-state index in [0.29, 0.717) is 0 Å². The minimum Gasteiger partial charge on any atom is -0.389 e. The van der Waals surface area contributed by atoms with E-state index in [1.54, 1.807) is 0 Å². The van der Waals surface area contributed by atoms with Crippen molar-refractivity contribution in [2.45, 2.75) is 0 Å². The van der Waals surface area contributed by atoms with Crippen LogP contribution in [0.25, 0.3) is 0 Å². The predicted octanol–water partition coefficient (Wildman–Crippen LogP) is 0.670. The van der Waals surface area contributed by atoms with Gasteiger partial charge in [0.2, 0.25) is 0 Å². The van der Waals surface area contributed by atoms with Crippen molar-refractivity contribution >= 4 is 11.9 Å². The van der Waals surface area contributed by atoms with Gasteiger partial charge in [0.05, 0.1) is 0 Å². The smallest absolute Gasteiger partial charge is 0.338 e. The molecular weight excluding hydrogens is 160 g/mol. The Kier molecular flexibility index (Phi) is 2.42. The quantitative estimate of drug-likeness (QED) is 0.537. The predicted molar refractivity (Wildman–Crippen MR) is 39.6 cm³/mol. The maximum absolute atomic E-state index is 10.7. The van der Waals surface area contributed by atoms with E-state index < -0.39 is 11.9 Å². The van der Waals surface area contributed by atoms with Crippen LogP contribution in [0, 0.1) is 0 Å². The summed E-state index contributed by atoms with van der Waals surface area (Å²) in [5, 5.41) is 0. The minimum absolute atomic E-state index is 0.162. The molecule has 0 aromatic heterocycles. The monoisotopic (exact) mass is 166 g/mol. The highest BCUT2D eigenvalue weighted by molar-refractivity contribution is 5.93. The van der Waals surface area contributed by atoms with Crippen LogP contribution in [-0.4, -0.2) is 11.9 Å². The van der Waals surface area contributed by atoms with Crippen molar-refractivity contribution in [2.24, 2.45) is 0 Å². The highest BCUT2D eigenvalue weighted by Crippen LogP contribution is 2.06. The Morgan fingerprint density at radius 3 is 2.08 bits per heavy atom. The molecule has 0 aromatic rings. The number of esters is 2. The fourth-order valence-electron chi connectivity index (χ4n) is 0.588. The number of rotatable bonds is 1. The van der Waals surface area contributed by atoms with Crippen LogP contribution in [0.5, 0.6) is 0 Å². The minimum atomic E-state index is -0.644. The lowest BCUT2D eigenvalue weighted by atomic mass is 10.5. The van der Waals surface area contributed by atoms with Gasteiger partial charge < -0.3 is 9.47 Å². The van der Waals surface area contributed by atoms with Crippen LogP contribution in [-0.2, 0) is 19.1 Å². The van der Waals surface area contributed by atoms with Crippen molar-refractivity contribution in [2.75, 3.05) is 0 Å². The Bertz CT molecular complexity index is 263. The third kappa shape index (κ3) is 2.09. The van der Waals surface area contributed by atoms with Gasteiger partial charge in [-0.05, 0) is 0 Å². The largest absolute Gasteiger partial charge is 0.389 e. The zero-order valence-corrected chi connectivity index (χ0v) is 6.15. The lowest BCUT2D eigenvalue weighted by Gasteiger charge is -2.00. The molecule has 4 nitrogen and oxygen atoms in total. The van der Waals surface area contributed by atoms with E-state index in [1.807, 2.05) is 0 Å². The number of ether oxygens (including phenoxy) is 2. The number of carbonyl (C=O) groups excluding carboxylic acids is 2. The summed E-state index contributed by atoms with van der Waals surface area (Å²) in [5.74, 6) is -1.45. The first kappa shape index (κ1) is 8.26. The van der Waals surface area contributed by atoms with E-state index in [-0.39, 0.29) is 5.95 Å². The van der Waals surface area contributed by atoms with Crippen LogP contribution in [0.4, 0.5) is 0 Å². The summed E-state index contributed by atoms with van der Waals surface area (Å²) >= 11 is 0. The van der Waals surface area contributed by atoms with Crippen molar-refractivity contribution in [3.8, 4) is 0 Å². The summed E-state index contributed by atoms with van der Waals surface area (Å²) < 4.78 is 9.09. The topological polar surface area (TPSA) is 52.6 Å². The average molecular weight is 166 g/mol. The standard InChI is InChI=1S/C8H6O4/c1-2-3-8-11-6(9)4-5-7(10)12-8/h2-5H,1H2. The first-order chi connectivity index (χ1) is 5.72. The van der Waals surface area contributed by atoms with Crippen molar-refractivity contribution in [3.63, 3.8) is 0 Å². The molecule has 1 rings (SSSR count). The van der Waals surface area contributed by atoms with Crippen molar-refractivity contribution < 1.29 is 19.1 Å². The summed E-state index contributed by atoms with van der Waals surface area (Å²) in [4.78, 5) is 21.4. The van der Waals surface area contributed by atoms with E-state index in [0.717, 1.165) is 12.2 Å². The van der Waals surface area contributed by atoms with E-state index in [4.69, 9.17) is 0 Å². The Labute approximate surface area is 68.8 Å². The molecule has 0 N–H and O–H groups in total. The third-order valence-electron chi connectivity index (χ3n) is 1.01. The first-order valence-corrected chi connectivity index (χ1v) is 3.17. The van der Waals surface area contributed by atoms with Crippen LogP contribution in [0.15, 0.2) is 36.8 Å². The van der Waals surface area contributed by atoms with Gasteiger partial charge in [-0.2, -0.15) is 0 Å². The molecule has 0 saturated carbocycles. The molecule has 0 radical (unpaired) electrons.